The van der Waals surface area contributed by atoms with Crippen LogP contribution in [0.25, 0.3) is 111 Å². The molecule has 20 rings (SSSR count). The summed E-state index contributed by atoms with van der Waals surface area (Å²) in [6.07, 6.45) is -0.254. The molecule has 8 N–H and O–H groups in total. The molecule has 0 aliphatic carbocycles. The van der Waals surface area contributed by atoms with Crippen LogP contribution in [0.1, 0.15) is 116 Å². The van der Waals surface area contributed by atoms with Gasteiger partial charge in [-0.15, -0.1) is 0 Å². The largest absolute Gasteiger partial charge is 0.358 e. The number of hydrogen-bond acceptors (Lipinski definition) is 24. The molecule has 8 aromatic carbocycles. The van der Waals surface area contributed by atoms with Gasteiger partial charge < -0.3 is 41.2 Å². The van der Waals surface area contributed by atoms with Gasteiger partial charge in [0.2, 0.25) is 0 Å². The van der Waals surface area contributed by atoms with Crippen molar-refractivity contribution in [2.75, 3.05) is 21.3 Å². The number of anilines is 4. The molecule has 4 atom stereocenters. The molecule has 0 unspecified atom stereocenters. The number of halogens is 4. The molecular formula is C86H68F4N28O4. The fourth-order valence-corrected chi connectivity index (χ4v) is 13.0. The average molecular weight is 1650 g/mol. The van der Waals surface area contributed by atoms with Crippen LogP contribution in [0.5, 0.6) is 0 Å². The molecule has 20 aromatic rings. The number of rotatable bonds is 18. The van der Waals surface area contributed by atoms with Crippen LogP contribution >= 0.6 is 0 Å². The van der Waals surface area contributed by atoms with Crippen molar-refractivity contribution in [1.82, 2.24) is 118 Å². The summed E-state index contributed by atoms with van der Waals surface area (Å²) in [5.74, 6) is -5.16. The van der Waals surface area contributed by atoms with Crippen molar-refractivity contribution in [1.29, 1.82) is 0 Å². The van der Waals surface area contributed by atoms with Gasteiger partial charge in [-0.1, -0.05) is 105 Å². The third-order valence-electron chi connectivity index (χ3n) is 18.4. The molecular weight excluding hydrogens is 1570 g/mol. The highest BCUT2D eigenvalue weighted by Crippen LogP contribution is 2.32. The van der Waals surface area contributed by atoms with E-state index in [1.165, 1.54) is 66.7 Å². The normalized spacial score (nSPS) is 16.1. The lowest BCUT2D eigenvalue weighted by molar-refractivity contribution is 0.628. The number of H-pyrrole nitrogens is 4. The standard InChI is InChI=1S/2C22H18FN7O.2C21H16FN7O/c2*1-2-15(28-20-18-19(25-11-24-18)26-12-27-20)21-29-16-10-6-9-14(23)17(16)22(31)30(21)13-7-4-3-5-8-13;1-12(27-19-17-18(24-10-23-17)25-11-26-19)20-28-15-9-5-8-14(22)16(15)21(30)29(20)13-6-3-2-4-7-13;1-12(27-19-17-18(24-10-23-17)25-11-26-19)20-28-16-8-7-13(22)9-15(16)21(30)29(20)14-5-3-2-4-6-14/h2*3-12,15H,2H2,1H3,(H2,24,25,26,27,28);2*2-12H,1H3,(H2,23,24,25,26,27)/t2*15-;2*12-/m0000/s1/i1D3,11D,15D;1D3,2D2,11D;2*1D3,10D,12D. The number of imidazole rings is 4. The maximum Gasteiger partial charge on any atom is 0.269 e. The molecule has 0 amide bonds. The number of para-hydroxylation sites is 4. The molecule has 12 heterocycles. The van der Waals surface area contributed by atoms with Gasteiger partial charge in [0, 0.05) is 19.2 Å². The van der Waals surface area contributed by atoms with E-state index in [1.54, 1.807) is 97.1 Å². The number of hydrogen-bond donors (Lipinski definition) is 8. The van der Waals surface area contributed by atoms with Crippen molar-refractivity contribution in [2.45, 2.75) is 64.3 Å². The smallest absolute Gasteiger partial charge is 0.269 e. The summed E-state index contributed by atoms with van der Waals surface area (Å²) in [6.45, 7) is -12.0. The first-order valence-electron chi connectivity index (χ1n) is 46.6. The summed E-state index contributed by atoms with van der Waals surface area (Å²) in [5.41, 5.74) is -1.71. The molecule has 0 spiro atoms. The van der Waals surface area contributed by atoms with Crippen LogP contribution < -0.4 is 43.5 Å². The van der Waals surface area contributed by atoms with E-state index in [1.807, 2.05) is 0 Å². The highest BCUT2D eigenvalue weighted by molar-refractivity contribution is 5.87. The van der Waals surface area contributed by atoms with E-state index in [9.17, 15) is 38.1 Å². The van der Waals surface area contributed by atoms with Crippen molar-refractivity contribution in [2.24, 2.45) is 0 Å². The summed E-state index contributed by atoms with van der Waals surface area (Å²) in [7, 11) is 0. The van der Waals surface area contributed by atoms with Crippen LogP contribution in [0.3, 0.4) is 0 Å². The van der Waals surface area contributed by atoms with Crippen LogP contribution in [0.2, 0.25) is 0 Å². The Morgan fingerprint density at radius 3 is 1.12 bits per heavy atom. The Labute approximate surface area is 714 Å². The summed E-state index contributed by atoms with van der Waals surface area (Å²) in [4.78, 5) is 130. The molecule has 0 bridgehead atoms. The van der Waals surface area contributed by atoms with Gasteiger partial charge in [0.05, 0.1) is 104 Å². The molecule has 0 aliphatic rings. The van der Waals surface area contributed by atoms with Gasteiger partial charge in [0.25, 0.3) is 22.2 Å². The van der Waals surface area contributed by atoms with E-state index in [4.69, 9.17) is 27.4 Å². The van der Waals surface area contributed by atoms with Crippen molar-refractivity contribution < 1.29 is 46.3 Å². The van der Waals surface area contributed by atoms with Crippen molar-refractivity contribution >= 4 is 112 Å². The average Bonchev–Trinajstić information content (AvgIpc) is 1.43. The van der Waals surface area contributed by atoms with E-state index in [-0.39, 0.29) is 171 Å². The highest BCUT2D eigenvalue weighted by atomic mass is 19.1. The fourth-order valence-electron chi connectivity index (χ4n) is 13.0. The highest BCUT2D eigenvalue weighted by Gasteiger charge is 2.28. The van der Waals surface area contributed by atoms with Crippen LogP contribution in [0.15, 0.2) is 264 Å². The Hall–Kier alpha value is -16.6. The molecule has 0 saturated heterocycles. The first-order valence-corrected chi connectivity index (χ1v) is 36.1. The Kier molecular flexibility index (Phi) is 15.8. The second-order valence-electron chi connectivity index (χ2n) is 25.8. The van der Waals surface area contributed by atoms with E-state index in [0.29, 0.717) is 0 Å². The van der Waals surface area contributed by atoms with Crippen molar-refractivity contribution in [3.63, 3.8) is 0 Å². The number of fused-ring (bicyclic) bond motifs is 8. The third-order valence-corrected chi connectivity index (χ3v) is 18.4. The molecule has 122 heavy (non-hydrogen) atoms. The molecule has 32 nitrogen and oxygen atoms in total. The zero-order valence-corrected chi connectivity index (χ0v) is 62.2. The minimum Gasteiger partial charge on any atom is -0.358 e. The quantitative estimate of drug-likeness (QED) is 0.0370. The monoisotopic (exact) mass is 1650 g/mol. The van der Waals surface area contributed by atoms with Gasteiger partial charge in [-0.05, 0) is 130 Å². The molecule has 36 heteroatoms. The van der Waals surface area contributed by atoms with Gasteiger partial charge in [0.15, 0.2) is 45.9 Å². The van der Waals surface area contributed by atoms with Crippen LogP contribution in [0, 0.1) is 23.3 Å². The Balaban J connectivity index is 0.000000131. The number of nitrogens with zero attached hydrogens (tertiary/aromatic N) is 20. The number of aromatic nitrogens is 24. The summed E-state index contributed by atoms with van der Waals surface area (Å²) in [5, 5.41) is 9.60. The maximum absolute atomic E-state index is 14.7. The van der Waals surface area contributed by atoms with Gasteiger partial charge >= 0.3 is 0 Å². The first kappa shape index (κ1) is 56.7. The summed E-state index contributed by atoms with van der Waals surface area (Å²) in [6, 6.07) is 37.4. The molecule has 0 saturated carbocycles. The predicted octanol–water partition coefficient (Wildman–Crippen LogP) is 14.2. The van der Waals surface area contributed by atoms with Crippen LogP contribution in [-0.2, 0) is 0 Å². The predicted molar refractivity (Wildman–Crippen MR) is 453 cm³/mol. The van der Waals surface area contributed by atoms with E-state index in [0.717, 1.165) is 73.9 Å². The van der Waals surface area contributed by atoms with Gasteiger partial charge in [0.1, 0.15) is 116 Å². The minimum absolute atomic E-state index is 0.0160. The number of nitrogens with one attached hydrogen (secondary N) is 8. The third kappa shape index (κ3) is 15.3. The van der Waals surface area contributed by atoms with Crippen LogP contribution in [-0.4, -0.2) is 118 Å². The zero-order valence-electron chi connectivity index (χ0n) is 83.2. The van der Waals surface area contributed by atoms with Gasteiger partial charge in [-0.3, -0.25) is 37.4 Å². The molecule has 604 valence electrons. The van der Waals surface area contributed by atoms with Crippen LogP contribution in [0.4, 0.5) is 40.8 Å². The van der Waals surface area contributed by atoms with Crippen molar-refractivity contribution in [3.8, 4) is 22.7 Å². The summed E-state index contributed by atoms with van der Waals surface area (Å²) >= 11 is 0. The van der Waals surface area contributed by atoms with E-state index < -0.39 is 121 Å². The topological polar surface area (TPSA) is 406 Å². The molecule has 0 radical (unpaired) electrons. The molecule has 12 aromatic heterocycles. The number of benzene rings is 8. The SMILES string of the molecule is [2H]c1nc2c(N[C@@]([2H])(CC([2H])([2H])[2H])c3nc4cccc(F)c4c(=O)n3-c3ccccc3)ncnc2[nH]1.[2H]c1nc2c(N[C@H](c3nc4cccc(F)c4c(=O)n3-c3ccccc3)C([2H])([2H])C([2H])([2H])[2H])ncnc2[nH]1.[2H]c1nc2c(N[C@]([2H])(c3nc4ccc(F)cc4c(=O)n3-c3ccccc3)C([2H])([2H])[2H])ncnc2[nH]1.[2H]c1nc2c(N[C@]([2H])(c3nc4cccc(F)c4c(=O)n3-c3ccccc3)C([2H])([2H])[2H])ncnc2[nH]1. The maximum atomic E-state index is 14.7. The Bertz CT molecular complexity index is 8590. The second-order valence-corrected chi connectivity index (χ2v) is 25.8. The lowest BCUT2D eigenvalue weighted by atomic mass is 10.1. The lowest BCUT2D eigenvalue weighted by Crippen LogP contribution is -2.28. The zero-order chi connectivity index (χ0) is 102. The minimum atomic E-state index is -3.20. The Morgan fingerprint density at radius 1 is 0.377 bits per heavy atom. The molecule has 0 fully saturated rings. The first-order chi connectivity index (χ1) is 67.7. The molecule has 0 aliphatic heterocycles. The lowest BCUT2D eigenvalue weighted by Gasteiger charge is -2.22. The van der Waals surface area contributed by atoms with Gasteiger partial charge in [-0.2, -0.15) is 0 Å². The fraction of sp³-hybridized carbons (Fsp3) is 0.116. The number of aromatic amines is 4. The van der Waals surface area contributed by atoms with Crippen molar-refractivity contribution in [3.05, 3.63) is 333 Å². The second kappa shape index (κ2) is 33.9. The van der Waals surface area contributed by atoms with Gasteiger partial charge in [-0.25, -0.2) is 97.3 Å². The van der Waals surface area contributed by atoms with E-state index >= 15 is 0 Å². The summed E-state index contributed by atoms with van der Waals surface area (Å²) < 4.78 is 234. The van der Waals surface area contributed by atoms with E-state index in [2.05, 4.69) is 121 Å². The Morgan fingerprint density at radius 2 is 0.730 bits per heavy atom.